The molecule has 2 heterocycles. The quantitative estimate of drug-likeness (QED) is 0.673. The molecule has 142 valence electrons. The minimum atomic E-state index is -0.0668. The Morgan fingerprint density at radius 1 is 0.964 bits per heavy atom. The Bertz CT molecular complexity index is 948. The third kappa shape index (κ3) is 3.74. The summed E-state index contributed by atoms with van der Waals surface area (Å²) in [6.45, 7) is 2.09. The molecule has 1 aliphatic heterocycles. The van der Waals surface area contributed by atoms with Crippen molar-refractivity contribution in [2.45, 2.75) is 19.3 Å². The molecule has 0 radical (unpaired) electrons. The number of ketones is 1. The average Bonchev–Trinajstić information content (AvgIpc) is 2.79. The molecular formula is C23H24N4O. The lowest BCUT2D eigenvalue weighted by molar-refractivity contribution is 0.103. The third-order valence-corrected chi connectivity index (χ3v) is 5.18. The van der Waals surface area contributed by atoms with Gasteiger partial charge in [0.15, 0.2) is 11.6 Å². The van der Waals surface area contributed by atoms with Gasteiger partial charge in [0, 0.05) is 55.0 Å². The van der Waals surface area contributed by atoms with Gasteiger partial charge in [-0.05, 0) is 37.5 Å². The van der Waals surface area contributed by atoms with Crippen LogP contribution in [0.1, 0.15) is 35.2 Å². The summed E-state index contributed by atoms with van der Waals surface area (Å²) in [7, 11) is 1.84. The Labute approximate surface area is 165 Å². The van der Waals surface area contributed by atoms with Gasteiger partial charge in [0.05, 0.1) is 5.56 Å². The Morgan fingerprint density at radius 3 is 2.36 bits per heavy atom. The molecule has 0 saturated carbocycles. The number of carbonyl (C=O) groups is 1. The average molecular weight is 372 g/mol. The highest BCUT2D eigenvalue weighted by Gasteiger charge is 2.18. The van der Waals surface area contributed by atoms with E-state index in [4.69, 9.17) is 0 Å². The molecule has 5 heteroatoms. The number of hydrogen-bond acceptors (Lipinski definition) is 5. The zero-order chi connectivity index (χ0) is 19.3. The standard InChI is InChI=1S/C23H24N4O/c1-24-21-11-10-19(27-12-6-3-7-13-27)14-20(21)22(28)18-15-25-23(26-16-18)17-8-4-2-5-9-17/h2,4-5,8-11,14-16,24H,3,6-7,12-13H2,1H3. The van der Waals surface area contributed by atoms with Crippen molar-refractivity contribution in [3.63, 3.8) is 0 Å². The molecule has 3 aromatic rings. The van der Waals surface area contributed by atoms with E-state index in [0.29, 0.717) is 17.0 Å². The molecule has 0 atom stereocenters. The highest BCUT2D eigenvalue weighted by molar-refractivity contribution is 6.12. The predicted octanol–water partition coefficient (Wildman–Crippen LogP) is 4.41. The first-order valence-corrected chi connectivity index (χ1v) is 9.75. The van der Waals surface area contributed by atoms with Crippen LogP contribution < -0.4 is 10.2 Å². The number of aromatic nitrogens is 2. The fourth-order valence-corrected chi connectivity index (χ4v) is 3.62. The molecule has 1 saturated heterocycles. The maximum Gasteiger partial charge on any atom is 0.198 e. The first-order chi connectivity index (χ1) is 13.8. The number of nitrogens with one attached hydrogen (secondary N) is 1. The number of carbonyl (C=O) groups excluding carboxylic acids is 1. The normalized spacial score (nSPS) is 14.0. The number of anilines is 2. The summed E-state index contributed by atoms with van der Waals surface area (Å²) in [5.41, 5.74) is 4.00. The van der Waals surface area contributed by atoms with Gasteiger partial charge in [0.1, 0.15) is 0 Å². The molecule has 1 aliphatic rings. The van der Waals surface area contributed by atoms with Gasteiger partial charge in [0.2, 0.25) is 0 Å². The summed E-state index contributed by atoms with van der Waals surface area (Å²) >= 11 is 0. The topological polar surface area (TPSA) is 58.1 Å². The lowest BCUT2D eigenvalue weighted by atomic mass is 10.0. The van der Waals surface area contributed by atoms with E-state index < -0.39 is 0 Å². The summed E-state index contributed by atoms with van der Waals surface area (Å²) < 4.78 is 0. The second-order valence-corrected chi connectivity index (χ2v) is 7.02. The highest BCUT2D eigenvalue weighted by Crippen LogP contribution is 2.27. The molecule has 1 aromatic heterocycles. The Morgan fingerprint density at radius 2 is 1.68 bits per heavy atom. The van der Waals surface area contributed by atoms with Crippen molar-refractivity contribution in [1.29, 1.82) is 0 Å². The summed E-state index contributed by atoms with van der Waals surface area (Å²) in [5, 5.41) is 3.13. The van der Waals surface area contributed by atoms with Crippen molar-refractivity contribution in [2.75, 3.05) is 30.4 Å². The van der Waals surface area contributed by atoms with E-state index >= 15 is 0 Å². The molecule has 28 heavy (non-hydrogen) atoms. The van der Waals surface area contributed by atoms with Crippen molar-refractivity contribution >= 4 is 17.2 Å². The number of benzene rings is 2. The van der Waals surface area contributed by atoms with Gasteiger partial charge in [0.25, 0.3) is 0 Å². The fourth-order valence-electron chi connectivity index (χ4n) is 3.62. The van der Waals surface area contributed by atoms with Gasteiger partial charge in [-0.3, -0.25) is 4.79 Å². The number of rotatable bonds is 5. The van der Waals surface area contributed by atoms with Gasteiger partial charge in [-0.25, -0.2) is 9.97 Å². The molecule has 1 N–H and O–H groups in total. The van der Waals surface area contributed by atoms with E-state index in [1.165, 1.54) is 19.3 Å². The van der Waals surface area contributed by atoms with Gasteiger partial charge < -0.3 is 10.2 Å². The van der Waals surface area contributed by atoms with Crippen molar-refractivity contribution < 1.29 is 4.79 Å². The molecule has 4 rings (SSSR count). The van der Waals surface area contributed by atoms with Crippen LogP contribution in [0.4, 0.5) is 11.4 Å². The number of piperidine rings is 1. The Kier molecular flexibility index (Phi) is 5.33. The second kappa shape index (κ2) is 8.21. The first kappa shape index (κ1) is 18.2. The van der Waals surface area contributed by atoms with Crippen LogP contribution in [0.15, 0.2) is 60.9 Å². The molecule has 0 bridgehead atoms. The zero-order valence-corrected chi connectivity index (χ0v) is 16.1. The van der Waals surface area contributed by atoms with Crippen molar-refractivity contribution in [3.8, 4) is 11.4 Å². The molecule has 0 unspecified atom stereocenters. The van der Waals surface area contributed by atoms with Gasteiger partial charge in [-0.2, -0.15) is 0 Å². The van der Waals surface area contributed by atoms with Crippen LogP contribution in [0.3, 0.4) is 0 Å². The second-order valence-electron chi connectivity index (χ2n) is 7.02. The van der Waals surface area contributed by atoms with Gasteiger partial charge in [-0.1, -0.05) is 30.3 Å². The van der Waals surface area contributed by atoms with Gasteiger partial charge >= 0.3 is 0 Å². The van der Waals surface area contributed by atoms with E-state index in [1.54, 1.807) is 12.4 Å². The van der Waals surface area contributed by atoms with E-state index in [0.717, 1.165) is 30.0 Å². The van der Waals surface area contributed by atoms with Crippen LogP contribution in [0.2, 0.25) is 0 Å². The summed E-state index contributed by atoms with van der Waals surface area (Å²) in [4.78, 5) is 24.3. The SMILES string of the molecule is CNc1ccc(N2CCCCC2)cc1C(=O)c1cnc(-c2ccccc2)nc1. The lowest BCUT2D eigenvalue weighted by Gasteiger charge is -2.29. The minimum Gasteiger partial charge on any atom is -0.388 e. The summed E-state index contributed by atoms with van der Waals surface area (Å²) in [6, 6.07) is 15.8. The predicted molar refractivity (Wildman–Crippen MR) is 113 cm³/mol. The third-order valence-electron chi connectivity index (χ3n) is 5.18. The van der Waals surface area contributed by atoms with E-state index in [1.807, 2.05) is 49.5 Å². The van der Waals surface area contributed by atoms with E-state index in [2.05, 4.69) is 26.3 Å². The molecular weight excluding hydrogens is 348 g/mol. The van der Waals surface area contributed by atoms with Crippen LogP contribution in [0, 0.1) is 0 Å². The maximum absolute atomic E-state index is 13.2. The lowest BCUT2D eigenvalue weighted by Crippen LogP contribution is -2.29. The van der Waals surface area contributed by atoms with Crippen molar-refractivity contribution in [1.82, 2.24) is 9.97 Å². The number of nitrogens with zero attached hydrogens (tertiary/aromatic N) is 3. The Balaban J connectivity index is 1.63. The molecule has 0 amide bonds. The molecule has 0 spiro atoms. The maximum atomic E-state index is 13.2. The number of hydrogen-bond donors (Lipinski definition) is 1. The highest BCUT2D eigenvalue weighted by atomic mass is 16.1. The molecule has 2 aromatic carbocycles. The largest absolute Gasteiger partial charge is 0.388 e. The summed E-state index contributed by atoms with van der Waals surface area (Å²) in [6.07, 6.45) is 6.91. The Hall–Kier alpha value is -3.21. The van der Waals surface area contributed by atoms with Crippen LogP contribution in [-0.2, 0) is 0 Å². The minimum absolute atomic E-state index is 0.0668. The smallest absolute Gasteiger partial charge is 0.198 e. The summed E-state index contributed by atoms with van der Waals surface area (Å²) in [5.74, 6) is 0.552. The van der Waals surface area contributed by atoms with Crippen molar-refractivity contribution in [2.24, 2.45) is 0 Å². The zero-order valence-electron chi connectivity index (χ0n) is 16.1. The first-order valence-electron chi connectivity index (χ1n) is 9.75. The van der Waals surface area contributed by atoms with E-state index in [9.17, 15) is 4.79 Å². The van der Waals surface area contributed by atoms with Crippen LogP contribution in [0.25, 0.3) is 11.4 Å². The van der Waals surface area contributed by atoms with Gasteiger partial charge in [-0.15, -0.1) is 0 Å². The molecule has 1 fully saturated rings. The van der Waals surface area contributed by atoms with Crippen LogP contribution in [-0.4, -0.2) is 35.9 Å². The molecule has 0 aliphatic carbocycles. The van der Waals surface area contributed by atoms with E-state index in [-0.39, 0.29) is 5.78 Å². The van der Waals surface area contributed by atoms with Crippen LogP contribution in [0.5, 0.6) is 0 Å². The van der Waals surface area contributed by atoms with Crippen molar-refractivity contribution in [3.05, 3.63) is 72.1 Å². The monoisotopic (exact) mass is 372 g/mol. The van der Waals surface area contributed by atoms with Crippen LogP contribution >= 0.6 is 0 Å². The molecule has 5 nitrogen and oxygen atoms in total. The fraction of sp³-hybridized carbons (Fsp3) is 0.261.